The van der Waals surface area contributed by atoms with E-state index in [-0.39, 0.29) is 12.3 Å². The van der Waals surface area contributed by atoms with E-state index in [0.717, 1.165) is 6.42 Å². The molecule has 2 heteroatoms. The van der Waals surface area contributed by atoms with Crippen LogP contribution in [0.15, 0.2) is 0 Å². The van der Waals surface area contributed by atoms with Gasteiger partial charge >= 0.3 is 0 Å². The minimum absolute atomic E-state index is 0.0914. The lowest BCUT2D eigenvalue weighted by atomic mass is 9.81. The monoisotopic (exact) mass is 148 g/mol. The van der Waals surface area contributed by atoms with Crippen LogP contribution in [0.2, 0.25) is 0 Å². The zero-order valence-corrected chi connectivity index (χ0v) is 6.53. The quantitative estimate of drug-likeness (QED) is 0.495. The summed E-state index contributed by atoms with van der Waals surface area (Å²) < 4.78 is 25.7. The van der Waals surface area contributed by atoms with Gasteiger partial charge in [0.25, 0.3) is 5.92 Å². The summed E-state index contributed by atoms with van der Waals surface area (Å²) in [7, 11) is 0. The molecule has 0 aromatic rings. The van der Waals surface area contributed by atoms with Gasteiger partial charge in [0.05, 0.1) is 0 Å². The van der Waals surface area contributed by atoms with Gasteiger partial charge in [-0.25, -0.2) is 8.78 Å². The van der Waals surface area contributed by atoms with Gasteiger partial charge in [-0.05, 0) is 12.3 Å². The first-order valence-electron chi connectivity index (χ1n) is 3.90. The Morgan fingerprint density at radius 3 is 2.20 bits per heavy atom. The second-order valence-electron chi connectivity index (χ2n) is 3.55. The molecule has 0 spiro atoms. The molecule has 0 saturated heterocycles. The first kappa shape index (κ1) is 7.96. The Balaban J connectivity index is 2.55. The van der Waals surface area contributed by atoms with Crippen LogP contribution in [-0.4, -0.2) is 5.92 Å². The number of hydrogen-bond donors (Lipinski definition) is 0. The molecule has 1 fully saturated rings. The van der Waals surface area contributed by atoms with E-state index < -0.39 is 11.8 Å². The summed E-state index contributed by atoms with van der Waals surface area (Å²) in [5.74, 6) is -2.58. The Morgan fingerprint density at radius 2 is 1.80 bits per heavy atom. The fraction of sp³-hybridized carbons (Fsp3) is 1.00. The summed E-state index contributed by atoms with van der Waals surface area (Å²) >= 11 is 0. The van der Waals surface area contributed by atoms with Gasteiger partial charge in [-0.2, -0.15) is 0 Å². The lowest BCUT2D eigenvalue weighted by molar-refractivity contribution is -0.0927. The molecule has 0 N–H and O–H groups in total. The van der Waals surface area contributed by atoms with Gasteiger partial charge in [0.2, 0.25) is 0 Å². The molecule has 1 aliphatic rings. The van der Waals surface area contributed by atoms with Crippen molar-refractivity contribution in [3.05, 3.63) is 0 Å². The van der Waals surface area contributed by atoms with Crippen molar-refractivity contribution >= 4 is 0 Å². The smallest absolute Gasteiger partial charge is 0.207 e. The molecule has 0 aromatic carbocycles. The van der Waals surface area contributed by atoms with E-state index in [9.17, 15) is 8.78 Å². The van der Waals surface area contributed by atoms with Crippen molar-refractivity contribution in [2.45, 2.75) is 39.0 Å². The summed E-state index contributed by atoms with van der Waals surface area (Å²) in [5, 5.41) is 0. The van der Waals surface area contributed by atoms with Gasteiger partial charge in [0.1, 0.15) is 0 Å². The van der Waals surface area contributed by atoms with Crippen LogP contribution in [0.5, 0.6) is 0 Å². The third-order valence-corrected chi connectivity index (χ3v) is 2.43. The van der Waals surface area contributed by atoms with Crippen LogP contribution in [0, 0.1) is 11.8 Å². The minimum Gasteiger partial charge on any atom is -0.207 e. The fourth-order valence-electron chi connectivity index (χ4n) is 1.51. The number of rotatable bonds is 0. The zero-order chi connectivity index (χ0) is 7.78. The maximum Gasteiger partial charge on any atom is 0.250 e. The van der Waals surface area contributed by atoms with E-state index in [1.807, 2.05) is 6.92 Å². The van der Waals surface area contributed by atoms with Gasteiger partial charge in [-0.1, -0.05) is 20.3 Å². The highest BCUT2D eigenvalue weighted by Gasteiger charge is 2.40. The van der Waals surface area contributed by atoms with Gasteiger partial charge in [0, 0.05) is 12.3 Å². The Bertz CT molecular complexity index is 120. The topological polar surface area (TPSA) is 0 Å². The summed E-state index contributed by atoms with van der Waals surface area (Å²) in [6, 6.07) is 0. The van der Waals surface area contributed by atoms with Crippen LogP contribution in [0.3, 0.4) is 0 Å². The minimum atomic E-state index is -2.39. The van der Waals surface area contributed by atoms with E-state index >= 15 is 0 Å². The predicted octanol–water partition coefficient (Wildman–Crippen LogP) is 3.08. The third-order valence-electron chi connectivity index (χ3n) is 2.43. The number of alkyl halides is 2. The number of halogens is 2. The van der Waals surface area contributed by atoms with Crippen molar-refractivity contribution in [1.82, 2.24) is 0 Å². The number of hydrogen-bond acceptors (Lipinski definition) is 0. The van der Waals surface area contributed by atoms with Crippen molar-refractivity contribution in [2.75, 3.05) is 0 Å². The van der Waals surface area contributed by atoms with E-state index in [2.05, 4.69) is 0 Å². The van der Waals surface area contributed by atoms with Gasteiger partial charge in [-0.3, -0.25) is 0 Å². The molecule has 2 atom stereocenters. The summed E-state index contributed by atoms with van der Waals surface area (Å²) in [5.41, 5.74) is 0. The maximum atomic E-state index is 12.8. The van der Waals surface area contributed by atoms with E-state index in [1.165, 1.54) is 0 Å². The van der Waals surface area contributed by atoms with Crippen molar-refractivity contribution < 1.29 is 8.78 Å². The van der Waals surface area contributed by atoms with E-state index in [4.69, 9.17) is 0 Å². The predicted molar refractivity (Wildman–Crippen MR) is 37.1 cm³/mol. The Morgan fingerprint density at radius 1 is 1.20 bits per heavy atom. The highest BCUT2D eigenvalue weighted by Crippen LogP contribution is 2.40. The SMILES string of the molecule is CC1CCC(C)C(F)(F)C1. The van der Waals surface area contributed by atoms with Crippen molar-refractivity contribution in [1.29, 1.82) is 0 Å². The van der Waals surface area contributed by atoms with Crippen LogP contribution in [0.4, 0.5) is 8.78 Å². The summed E-state index contributed by atoms with van der Waals surface area (Å²) in [4.78, 5) is 0. The average Bonchev–Trinajstić information content (AvgIpc) is 1.78. The molecular formula is C8H14F2. The Labute approximate surface area is 60.6 Å². The molecule has 10 heavy (non-hydrogen) atoms. The Kier molecular flexibility index (Phi) is 1.97. The molecule has 0 nitrogen and oxygen atoms in total. The van der Waals surface area contributed by atoms with Crippen molar-refractivity contribution in [3.8, 4) is 0 Å². The first-order valence-corrected chi connectivity index (χ1v) is 3.90. The van der Waals surface area contributed by atoms with E-state index in [1.54, 1.807) is 6.92 Å². The lowest BCUT2D eigenvalue weighted by Gasteiger charge is -2.32. The zero-order valence-electron chi connectivity index (χ0n) is 6.53. The van der Waals surface area contributed by atoms with E-state index in [0.29, 0.717) is 6.42 Å². The molecule has 0 aliphatic heterocycles. The van der Waals surface area contributed by atoms with Gasteiger partial charge in [-0.15, -0.1) is 0 Å². The van der Waals surface area contributed by atoms with Gasteiger partial charge < -0.3 is 0 Å². The summed E-state index contributed by atoms with van der Waals surface area (Å²) in [6.07, 6.45) is 1.75. The summed E-state index contributed by atoms with van der Waals surface area (Å²) in [6.45, 7) is 3.55. The van der Waals surface area contributed by atoms with Crippen LogP contribution in [0.25, 0.3) is 0 Å². The Hall–Kier alpha value is -0.140. The van der Waals surface area contributed by atoms with Crippen LogP contribution < -0.4 is 0 Å². The second-order valence-corrected chi connectivity index (χ2v) is 3.55. The van der Waals surface area contributed by atoms with Crippen LogP contribution in [0.1, 0.15) is 33.1 Å². The maximum absolute atomic E-state index is 12.8. The largest absolute Gasteiger partial charge is 0.250 e. The van der Waals surface area contributed by atoms with Crippen molar-refractivity contribution in [3.63, 3.8) is 0 Å². The molecule has 1 aliphatic carbocycles. The standard InChI is InChI=1S/C8H14F2/c1-6-3-4-7(2)8(9,10)5-6/h6-7H,3-5H2,1-2H3. The molecule has 1 rings (SSSR count). The molecule has 0 amide bonds. The van der Waals surface area contributed by atoms with Gasteiger partial charge in [0.15, 0.2) is 0 Å². The third kappa shape index (κ3) is 1.47. The lowest BCUT2D eigenvalue weighted by Crippen LogP contribution is -2.32. The molecule has 0 bridgehead atoms. The highest BCUT2D eigenvalue weighted by atomic mass is 19.3. The second kappa shape index (κ2) is 2.48. The van der Waals surface area contributed by atoms with Crippen LogP contribution >= 0.6 is 0 Å². The normalized spacial score (nSPS) is 39.6. The molecule has 0 aromatic heterocycles. The molecular weight excluding hydrogens is 134 g/mol. The molecule has 2 unspecified atom stereocenters. The molecule has 1 saturated carbocycles. The highest BCUT2D eigenvalue weighted by molar-refractivity contribution is 4.81. The average molecular weight is 148 g/mol. The molecule has 60 valence electrons. The fourth-order valence-corrected chi connectivity index (χ4v) is 1.51. The molecule has 0 heterocycles. The first-order chi connectivity index (χ1) is 4.52. The molecule has 0 radical (unpaired) electrons. The van der Waals surface area contributed by atoms with Crippen molar-refractivity contribution in [2.24, 2.45) is 11.8 Å². The van der Waals surface area contributed by atoms with Crippen LogP contribution in [-0.2, 0) is 0 Å².